The fraction of sp³-hybridized carbons (Fsp3) is 0.459. The number of benzene rings is 3. The second kappa shape index (κ2) is 16.8. The Labute approximate surface area is 271 Å². The topological polar surface area (TPSA) is 129 Å². The van der Waals surface area contributed by atoms with Crippen LogP contribution < -0.4 is 5.32 Å². The van der Waals surface area contributed by atoms with Gasteiger partial charge < -0.3 is 30.1 Å². The van der Waals surface area contributed by atoms with Crippen LogP contribution in [0.1, 0.15) is 86.0 Å². The van der Waals surface area contributed by atoms with Crippen LogP contribution in [0, 0.1) is 0 Å². The lowest BCUT2D eigenvalue weighted by molar-refractivity contribution is -0.252. The van der Waals surface area contributed by atoms with Crippen LogP contribution >= 0.6 is 0 Å². The molecule has 9 heteroatoms. The number of likely N-dealkylation sites (tertiary alicyclic amines) is 1. The van der Waals surface area contributed by atoms with E-state index in [4.69, 9.17) is 14.6 Å². The van der Waals surface area contributed by atoms with E-state index in [2.05, 4.69) is 28.4 Å². The molecule has 2 aliphatic rings. The highest BCUT2D eigenvalue weighted by Crippen LogP contribution is 2.39. The second-order valence-corrected chi connectivity index (χ2v) is 12.4. The highest BCUT2D eigenvalue weighted by atomic mass is 16.7. The number of carbonyl (C=O) groups is 2. The van der Waals surface area contributed by atoms with E-state index in [0.29, 0.717) is 32.4 Å². The molecule has 9 nitrogen and oxygen atoms in total. The van der Waals surface area contributed by atoms with E-state index in [1.807, 2.05) is 54.6 Å². The van der Waals surface area contributed by atoms with Gasteiger partial charge in [0.15, 0.2) is 6.29 Å². The number of carboxylic acid groups (broad SMARTS) is 1. The number of nitrogens with zero attached hydrogens (tertiary/aromatic N) is 1. The summed E-state index contributed by atoms with van der Waals surface area (Å²) >= 11 is 0. The maximum Gasteiger partial charge on any atom is 0.303 e. The summed E-state index contributed by atoms with van der Waals surface area (Å²) in [6.07, 6.45) is 4.05. The number of unbranched alkanes of at least 4 members (excludes halogenated alkanes) is 3. The minimum atomic E-state index is -0.777. The second-order valence-electron chi connectivity index (χ2n) is 12.4. The molecule has 3 aromatic carbocycles. The number of aliphatic carboxylic acids is 1. The van der Waals surface area contributed by atoms with Crippen molar-refractivity contribution in [2.24, 2.45) is 0 Å². The van der Waals surface area contributed by atoms with Crippen molar-refractivity contribution in [2.45, 2.75) is 89.1 Å². The van der Waals surface area contributed by atoms with Gasteiger partial charge >= 0.3 is 5.97 Å². The average molecular weight is 631 g/mol. The molecule has 5 rings (SSSR count). The maximum atomic E-state index is 12.5. The molecular formula is C37H46N2O7. The fourth-order valence-corrected chi connectivity index (χ4v) is 6.27. The van der Waals surface area contributed by atoms with Gasteiger partial charge in [-0.3, -0.25) is 14.5 Å². The molecule has 4 atom stereocenters. The third-order valence-corrected chi connectivity index (χ3v) is 8.86. The minimum Gasteiger partial charge on any atom is -0.481 e. The molecule has 4 unspecified atom stereocenters. The zero-order chi connectivity index (χ0) is 32.3. The molecule has 0 aliphatic carbocycles. The van der Waals surface area contributed by atoms with Gasteiger partial charge in [-0.15, -0.1) is 0 Å². The molecule has 246 valence electrons. The minimum absolute atomic E-state index is 0.00310. The summed E-state index contributed by atoms with van der Waals surface area (Å²) in [5.74, 6) is -0.783. The van der Waals surface area contributed by atoms with E-state index in [1.165, 1.54) is 0 Å². The van der Waals surface area contributed by atoms with Crippen LogP contribution in [-0.4, -0.2) is 63.9 Å². The number of carbonyl (C=O) groups excluding carboxylic acids is 1. The van der Waals surface area contributed by atoms with Crippen molar-refractivity contribution < 1.29 is 34.4 Å². The molecule has 2 heterocycles. The van der Waals surface area contributed by atoms with Crippen molar-refractivity contribution in [1.29, 1.82) is 0 Å². The van der Waals surface area contributed by atoms with Crippen molar-refractivity contribution in [2.75, 3.05) is 19.6 Å². The normalized spacial score (nSPS) is 21.7. The number of aliphatic hydroxyl groups is 2. The lowest BCUT2D eigenvalue weighted by atomic mass is 9.97. The smallest absolute Gasteiger partial charge is 0.303 e. The van der Waals surface area contributed by atoms with Gasteiger partial charge in [0.1, 0.15) is 0 Å². The van der Waals surface area contributed by atoms with Crippen LogP contribution in [0.25, 0.3) is 11.1 Å². The first kappa shape index (κ1) is 33.8. The third-order valence-electron chi connectivity index (χ3n) is 8.86. The van der Waals surface area contributed by atoms with Gasteiger partial charge in [0.25, 0.3) is 0 Å². The van der Waals surface area contributed by atoms with E-state index in [-0.39, 0.29) is 37.2 Å². The molecule has 46 heavy (non-hydrogen) atoms. The molecular weight excluding hydrogens is 584 g/mol. The summed E-state index contributed by atoms with van der Waals surface area (Å²) in [5.41, 5.74) is 5.91. The predicted octanol–water partition coefficient (Wildman–Crippen LogP) is 5.50. The Morgan fingerprint density at radius 3 is 2.28 bits per heavy atom. The first-order chi connectivity index (χ1) is 22.4. The molecule has 0 spiro atoms. The molecule has 1 amide bonds. The van der Waals surface area contributed by atoms with Crippen LogP contribution in [0.3, 0.4) is 0 Å². The number of rotatable bonds is 15. The van der Waals surface area contributed by atoms with E-state index in [9.17, 15) is 19.8 Å². The number of hydrogen-bond donors (Lipinski definition) is 4. The SMILES string of the molecule is O=C(O)CCCCCCC(=O)NCc1ccccc1-c1ccc(C2OC(CN3CCC(O)C3)CC(c3ccc(CO)cc3)O2)cc1. The van der Waals surface area contributed by atoms with Gasteiger partial charge in [-0.05, 0) is 47.1 Å². The van der Waals surface area contributed by atoms with Crippen molar-refractivity contribution in [3.63, 3.8) is 0 Å². The number of amides is 1. The van der Waals surface area contributed by atoms with Gasteiger partial charge in [0, 0.05) is 51.0 Å². The standard InChI is InChI=1S/C37H46N2O7/c40-25-26-11-13-28(14-12-26)34-21-32(24-39-20-19-31(41)23-39)45-37(46-34)29-17-15-27(16-18-29)33-8-6-5-7-30(33)22-38-35(42)9-3-1-2-4-10-36(43)44/h5-8,11-18,31-32,34,37,40-41H,1-4,9-10,19-25H2,(H,38,42)(H,43,44). The summed E-state index contributed by atoms with van der Waals surface area (Å²) < 4.78 is 13.0. The molecule has 0 bridgehead atoms. The molecule has 2 fully saturated rings. The Morgan fingerprint density at radius 2 is 1.59 bits per heavy atom. The predicted molar refractivity (Wildman–Crippen MR) is 175 cm³/mol. The Kier molecular flexibility index (Phi) is 12.3. The molecule has 2 saturated heterocycles. The average Bonchev–Trinajstić information content (AvgIpc) is 3.49. The Bertz CT molecular complexity index is 1410. The zero-order valence-electron chi connectivity index (χ0n) is 26.4. The first-order valence-corrected chi connectivity index (χ1v) is 16.5. The fourth-order valence-electron chi connectivity index (χ4n) is 6.27. The van der Waals surface area contributed by atoms with E-state index in [0.717, 1.165) is 72.2 Å². The number of aliphatic hydroxyl groups excluding tert-OH is 2. The first-order valence-electron chi connectivity index (χ1n) is 16.5. The van der Waals surface area contributed by atoms with Crippen LogP contribution in [0.5, 0.6) is 0 Å². The van der Waals surface area contributed by atoms with Crippen LogP contribution in [0.2, 0.25) is 0 Å². The Morgan fingerprint density at radius 1 is 0.870 bits per heavy atom. The Hall–Kier alpha value is -3.60. The highest BCUT2D eigenvalue weighted by molar-refractivity contribution is 5.76. The molecule has 0 saturated carbocycles. The summed E-state index contributed by atoms with van der Waals surface area (Å²) in [6, 6.07) is 24.1. The molecule has 2 aliphatic heterocycles. The van der Waals surface area contributed by atoms with Gasteiger partial charge in [-0.1, -0.05) is 85.6 Å². The van der Waals surface area contributed by atoms with Gasteiger partial charge in [0.05, 0.1) is 24.9 Å². The lowest BCUT2D eigenvalue weighted by Crippen LogP contribution is -2.38. The van der Waals surface area contributed by atoms with Crippen LogP contribution in [0.15, 0.2) is 72.8 Å². The van der Waals surface area contributed by atoms with Crippen molar-refractivity contribution in [3.05, 3.63) is 95.1 Å². The third kappa shape index (κ3) is 9.70. The zero-order valence-corrected chi connectivity index (χ0v) is 26.4. The molecule has 0 radical (unpaired) electrons. The van der Waals surface area contributed by atoms with Crippen molar-refractivity contribution >= 4 is 11.9 Å². The highest BCUT2D eigenvalue weighted by Gasteiger charge is 2.34. The van der Waals surface area contributed by atoms with E-state index in [1.54, 1.807) is 0 Å². The Balaban J connectivity index is 1.22. The van der Waals surface area contributed by atoms with Crippen LogP contribution in [0.4, 0.5) is 0 Å². The summed E-state index contributed by atoms with van der Waals surface area (Å²) in [4.78, 5) is 25.4. The number of ether oxygens (including phenoxy) is 2. The number of carboxylic acids is 1. The van der Waals surface area contributed by atoms with Crippen molar-refractivity contribution in [3.8, 4) is 11.1 Å². The maximum absolute atomic E-state index is 12.5. The summed E-state index contributed by atoms with van der Waals surface area (Å²) in [6.45, 7) is 2.66. The number of β-amino-alcohol motifs (C(OH)–C–C–N with tert-alkyl or cyclic N) is 1. The largest absolute Gasteiger partial charge is 0.481 e. The van der Waals surface area contributed by atoms with E-state index < -0.39 is 12.3 Å². The quantitative estimate of drug-likeness (QED) is 0.162. The number of nitrogens with one attached hydrogen (secondary N) is 1. The van der Waals surface area contributed by atoms with Gasteiger partial charge in [-0.2, -0.15) is 0 Å². The monoisotopic (exact) mass is 630 g/mol. The van der Waals surface area contributed by atoms with E-state index >= 15 is 0 Å². The van der Waals surface area contributed by atoms with Gasteiger partial charge in [-0.25, -0.2) is 0 Å². The summed E-state index contributed by atoms with van der Waals surface area (Å²) in [7, 11) is 0. The lowest BCUT2D eigenvalue weighted by Gasteiger charge is -2.38. The van der Waals surface area contributed by atoms with Crippen molar-refractivity contribution in [1.82, 2.24) is 10.2 Å². The van der Waals surface area contributed by atoms with Gasteiger partial charge in [0.2, 0.25) is 5.91 Å². The molecule has 3 aromatic rings. The number of hydrogen-bond acceptors (Lipinski definition) is 7. The molecule has 4 N–H and O–H groups in total. The summed E-state index contributed by atoms with van der Waals surface area (Å²) in [5, 5.41) is 31.3. The molecule has 0 aromatic heterocycles. The van der Waals surface area contributed by atoms with Crippen LogP contribution in [-0.2, 0) is 32.2 Å².